The van der Waals surface area contributed by atoms with Crippen LogP contribution in [0.4, 0.5) is 14.5 Å². The number of aromatic nitrogens is 4. The lowest BCUT2D eigenvalue weighted by atomic mass is 10.3. The van der Waals surface area contributed by atoms with E-state index in [2.05, 4.69) is 15.4 Å². The van der Waals surface area contributed by atoms with Gasteiger partial charge in [0.15, 0.2) is 0 Å². The molecule has 10 heteroatoms. The molecule has 4 aromatic rings. The minimum absolute atomic E-state index is 0.0205. The molecule has 2 heterocycles. The van der Waals surface area contributed by atoms with Gasteiger partial charge >= 0.3 is 5.69 Å². The number of amides is 1. The summed E-state index contributed by atoms with van der Waals surface area (Å²) < 4.78 is 33.9. The number of hydrogen-bond acceptors (Lipinski definition) is 5. The first-order chi connectivity index (χ1) is 14.0. The van der Waals surface area contributed by atoms with Crippen LogP contribution in [0.1, 0.15) is 0 Å². The summed E-state index contributed by atoms with van der Waals surface area (Å²) in [6.07, 6.45) is 2.70. The molecule has 0 saturated heterocycles. The lowest BCUT2D eigenvalue weighted by Gasteiger charge is -2.04. The Labute approximate surface area is 162 Å². The predicted molar refractivity (Wildman–Crippen MR) is 98.8 cm³/mol. The standard InChI is InChI=1S/C19H13F2N5O3/c20-12-4-6-14(7-5-12)23-16(27)11-26-19(28)25-9-8-22-18(17(25)24-26)29-15-3-1-2-13(21)10-15/h1-10H,11H2,(H,23,27). The van der Waals surface area contributed by atoms with Gasteiger partial charge in [0.25, 0.3) is 5.88 Å². The van der Waals surface area contributed by atoms with E-state index in [-0.39, 0.29) is 23.8 Å². The summed E-state index contributed by atoms with van der Waals surface area (Å²) in [5, 5.41) is 6.64. The maximum Gasteiger partial charge on any atom is 0.351 e. The summed E-state index contributed by atoms with van der Waals surface area (Å²) in [7, 11) is 0. The largest absolute Gasteiger partial charge is 0.436 e. The summed E-state index contributed by atoms with van der Waals surface area (Å²) in [4.78, 5) is 28.7. The topological polar surface area (TPSA) is 90.5 Å². The Bertz CT molecular complexity index is 1250. The van der Waals surface area contributed by atoms with Crippen LogP contribution >= 0.6 is 0 Å². The number of hydrogen-bond donors (Lipinski definition) is 1. The van der Waals surface area contributed by atoms with Crippen molar-refractivity contribution in [3.63, 3.8) is 0 Å². The Morgan fingerprint density at radius 1 is 1.10 bits per heavy atom. The minimum Gasteiger partial charge on any atom is -0.436 e. The fourth-order valence-electron chi connectivity index (χ4n) is 2.61. The summed E-state index contributed by atoms with van der Waals surface area (Å²) in [6.45, 7) is -0.378. The second-order valence-corrected chi connectivity index (χ2v) is 5.98. The number of anilines is 1. The second kappa shape index (κ2) is 7.50. The highest BCUT2D eigenvalue weighted by atomic mass is 19.1. The van der Waals surface area contributed by atoms with E-state index in [0.29, 0.717) is 5.69 Å². The van der Waals surface area contributed by atoms with Gasteiger partial charge in [0.2, 0.25) is 11.6 Å². The molecule has 146 valence electrons. The lowest BCUT2D eigenvalue weighted by molar-refractivity contribution is -0.117. The van der Waals surface area contributed by atoms with Crippen LogP contribution in [0.5, 0.6) is 11.6 Å². The molecule has 2 aromatic carbocycles. The zero-order chi connectivity index (χ0) is 20.4. The van der Waals surface area contributed by atoms with Gasteiger partial charge < -0.3 is 10.1 Å². The molecule has 0 unspecified atom stereocenters. The summed E-state index contributed by atoms with van der Waals surface area (Å²) in [5.74, 6) is -1.29. The van der Waals surface area contributed by atoms with E-state index in [9.17, 15) is 18.4 Å². The van der Waals surface area contributed by atoms with Gasteiger partial charge in [0.1, 0.15) is 23.9 Å². The highest BCUT2D eigenvalue weighted by Crippen LogP contribution is 2.22. The Morgan fingerprint density at radius 2 is 1.90 bits per heavy atom. The molecule has 0 saturated carbocycles. The maximum absolute atomic E-state index is 13.4. The minimum atomic E-state index is -0.583. The van der Waals surface area contributed by atoms with Crippen LogP contribution in [0.2, 0.25) is 0 Å². The van der Waals surface area contributed by atoms with Crippen LogP contribution in [0.25, 0.3) is 5.65 Å². The van der Waals surface area contributed by atoms with Gasteiger partial charge in [-0.05, 0) is 36.4 Å². The van der Waals surface area contributed by atoms with Crippen LogP contribution in [0.15, 0.2) is 65.7 Å². The smallest absolute Gasteiger partial charge is 0.351 e. The Hall–Kier alpha value is -4.08. The quantitative estimate of drug-likeness (QED) is 0.559. The molecule has 1 N–H and O–H groups in total. The third-order valence-corrected chi connectivity index (χ3v) is 3.90. The first-order valence-corrected chi connectivity index (χ1v) is 8.42. The molecule has 0 aliphatic rings. The molecule has 29 heavy (non-hydrogen) atoms. The van der Waals surface area contributed by atoms with Crippen LogP contribution in [0.3, 0.4) is 0 Å². The first-order valence-electron chi connectivity index (χ1n) is 8.42. The summed E-state index contributed by atoms with van der Waals surface area (Å²) >= 11 is 0. The van der Waals surface area contributed by atoms with Crippen molar-refractivity contribution in [1.29, 1.82) is 0 Å². The fraction of sp³-hybridized carbons (Fsp3) is 0.0526. The number of ether oxygens (including phenoxy) is 1. The van der Waals surface area contributed by atoms with Gasteiger partial charge in [-0.1, -0.05) is 6.07 Å². The second-order valence-electron chi connectivity index (χ2n) is 5.98. The molecule has 0 bridgehead atoms. The number of fused-ring (bicyclic) bond motifs is 1. The number of carbonyl (C=O) groups excluding carboxylic acids is 1. The normalized spacial score (nSPS) is 10.8. The zero-order valence-electron chi connectivity index (χ0n) is 14.8. The van der Waals surface area contributed by atoms with Gasteiger partial charge in [0.05, 0.1) is 0 Å². The lowest BCUT2D eigenvalue weighted by Crippen LogP contribution is -2.28. The van der Waals surface area contributed by atoms with Crippen molar-refractivity contribution < 1.29 is 18.3 Å². The molecule has 2 aromatic heterocycles. The molecular formula is C19H13F2N5O3. The van der Waals surface area contributed by atoms with Crippen molar-refractivity contribution in [2.75, 3.05) is 5.32 Å². The monoisotopic (exact) mass is 397 g/mol. The molecule has 0 atom stereocenters. The summed E-state index contributed by atoms with van der Waals surface area (Å²) in [5.41, 5.74) is -0.137. The van der Waals surface area contributed by atoms with Crippen LogP contribution in [-0.2, 0) is 11.3 Å². The van der Waals surface area contributed by atoms with Crippen LogP contribution < -0.4 is 15.7 Å². The Morgan fingerprint density at radius 3 is 2.66 bits per heavy atom. The van der Waals surface area contributed by atoms with Crippen molar-refractivity contribution in [3.8, 4) is 11.6 Å². The third-order valence-electron chi connectivity index (χ3n) is 3.90. The molecule has 0 spiro atoms. The highest BCUT2D eigenvalue weighted by Gasteiger charge is 2.16. The summed E-state index contributed by atoms with van der Waals surface area (Å²) in [6, 6.07) is 10.6. The third kappa shape index (κ3) is 3.95. The van der Waals surface area contributed by atoms with Gasteiger partial charge in [-0.2, -0.15) is 0 Å². The van der Waals surface area contributed by atoms with Crippen molar-refractivity contribution in [3.05, 3.63) is 83.0 Å². The van der Waals surface area contributed by atoms with Crippen LogP contribution in [-0.4, -0.2) is 25.1 Å². The van der Waals surface area contributed by atoms with Crippen LogP contribution in [0, 0.1) is 11.6 Å². The molecule has 0 fully saturated rings. The average molecular weight is 397 g/mol. The average Bonchev–Trinajstić information content (AvgIpc) is 3.00. The molecule has 4 rings (SSSR count). The molecule has 0 radical (unpaired) electrons. The van der Waals surface area contributed by atoms with E-state index in [1.165, 1.54) is 54.9 Å². The molecule has 0 aliphatic heterocycles. The van der Waals surface area contributed by atoms with E-state index in [1.54, 1.807) is 0 Å². The van der Waals surface area contributed by atoms with E-state index in [0.717, 1.165) is 15.1 Å². The highest BCUT2D eigenvalue weighted by molar-refractivity contribution is 5.90. The van der Waals surface area contributed by atoms with E-state index in [1.807, 2.05) is 0 Å². The molecule has 0 aliphatic carbocycles. The number of nitrogens with zero attached hydrogens (tertiary/aromatic N) is 4. The van der Waals surface area contributed by atoms with E-state index >= 15 is 0 Å². The molecule has 1 amide bonds. The van der Waals surface area contributed by atoms with Crippen molar-refractivity contribution >= 4 is 17.2 Å². The Balaban J connectivity index is 1.59. The predicted octanol–water partition coefficient (Wildman–Crippen LogP) is 2.60. The van der Waals surface area contributed by atoms with E-state index in [4.69, 9.17) is 4.74 Å². The number of halogens is 2. The van der Waals surface area contributed by atoms with Crippen molar-refractivity contribution in [2.45, 2.75) is 6.54 Å². The number of nitrogens with one attached hydrogen (secondary N) is 1. The number of carbonyl (C=O) groups is 1. The van der Waals surface area contributed by atoms with Crippen molar-refractivity contribution in [1.82, 2.24) is 19.2 Å². The fourth-order valence-corrected chi connectivity index (χ4v) is 2.61. The Kier molecular flexibility index (Phi) is 4.73. The zero-order valence-corrected chi connectivity index (χ0v) is 14.8. The molecule has 8 nitrogen and oxygen atoms in total. The first kappa shape index (κ1) is 18.3. The van der Waals surface area contributed by atoms with Gasteiger partial charge in [-0.25, -0.2) is 27.6 Å². The van der Waals surface area contributed by atoms with E-state index < -0.39 is 23.2 Å². The molecular weight excluding hydrogens is 384 g/mol. The van der Waals surface area contributed by atoms with Crippen molar-refractivity contribution in [2.24, 2.45) is 0 Å². The van der Waals surface area contributed by atoms with Gasteiger partial charge in [0, 0.05) is 24.1 Å². The number of rotatable bonds is 5. The van der Waals surface area contributed by atoms with Gasteiger partial charge in [-0.3, -0.25) is 4.79 Å². The SMILES string of the molecule is O=C(Cn1nc2c(Oc3cccc(F)c3)nccn2c1=O)Nc1ccc(F)cc1. The number of benzene rings is 2. The maximum atomic E-state index is 13.4. The van der Waals surface area contributed by atoms with Gasteiger partial charge in [-0.15, -0.1) is 5.10 Å².